The van der Waals surface area contributed by atoms with Gasteiger partial charge in [0.1, 0.15) is 18.0 Å². The fraction of sp³-hybridized carbons (Fsp3) is 0.400. The van der Waals surface area contributed by atoms with Gasteiger partial charge in [-0.25, -0.2) is 9.97 Å². The summed E-state index contributed by atoms with van der Waals surface area (Å²) in [6.07, 6.45) is 5.89. The van der Waals surface area contributed by atoms with Crippen LogP contribution in [0.25, 0.3) is 0 Å². The number of hydrogen-bond acceptors (Lipinski definition) is 6. The fourth-order valence-corrected chi connectivity index (χ4v) is 2.26. The molecule has 1 atom stereocenters. The third-order valence-electron chi connectivity index (χ3n) is 3.38. The minimum atomic E-state index is 0.296. The quantitative estimate of drug-likeness (QED) is 0.846. The Morgan fingerprint density at radius 2 is 2.05 bits per heavy atom. The van der Waals surface area contributed by atoms with E-state index in [2.05, 4.69) is 25.6 Å². The van der Waals surface area contributed by atoms with Crippen molar-refractivity contribution in [1.82, 2.24) is 15.0 Å². The first kappa shape index (κ1) is 13.8. The normalized spacial score (nSPS) is 17.6. The number of pyridine rings is 1. The topological polar surface area (TPSA) is 72.0 Å². The first-order valence-electron chi connectivity index (χ1n) is 7.21. The van der Waals surface area contributed by atoms with E-state index in [0.29, 0.717) is 12.6 Å². The van der Waals surface area contributed by atoms with Crippen molar-refractivity contribution in [3.05, 3.63) is 42.5 Å². The van der Waals surface area contributed by atoms with E-state index in [4.69, 9.17) is 4.74 Å². The fourth-order valence-electron chi connectivity index (χ4n) is 2.26. The Morgan fingerprint density at radius 3 is 2.81 bits per heavy atom. The molecule has 0 amide bonds. The van der Waals surface area contributed by atoms with Crippen LogP contribution in [-0.4, -0.2) is 34.2 Å². The van der Waals surface area contributed by atoms with Crippen LogP contribution in [0.2, 0.25) is 0 Å². The zero-order chi connectivity index (χ0) is 14.3. The summed E-state index contributed by atoms with van der Waals surface area (Å²) in [6, 6.07) is 7.75. The van der Waals surface area contributed by atoms with E-state index in [-0.39, 0.29) is 0 Å². The maximum absolute atomic E-state index is 5.58. The molecule has 6 nitrogen and oxygen atoms in total. The van der Waals surface area contributed by atoms with Gasteiger partial charge in [-0.15, -0.1) is 0 Å². The predicted molar refractivity (Wildman–Crippen MR) is 81.1 cm³/mol. The van der Waals surface area contributed by atoms with E-state index in [1.165, 1.54) is 0 Å². The molecular weight excluding hydrogens is 266 g/mol. The highest BCUT2D eigenvalue weighted by molar-refractivity contribution is 5.46. The molecule has 1 aliphatic heterocycles. The monoisotopic (exact) mass is 285 g/mol. The van der Waals surface area contributed by atoms with Crippen molar-refractivity contribution < 1.29 is 4.74 Å². The zero-order valence-corrected chi connectivity index (χ0v) is 11.8. The van der Waals surface area contributed by atoms with Gasteiger partial charge in [0.05, 0.1) is 18.3 Å². The van der Waals surface area contributed by atoms with Crippen molar-refractivity contribution in [2.75, 3.05) is 23.8 Å². The van der Waals surface area contributed by atoms with E-state index < -0.39 is 0 Å². The Hall–Kier alpha value is -2.21. The van der Waals surface area contributed by atoms with E-state index in [1.807, 2.05) is 24.3 Å². The van der Waals surface area contributed by atoms with Crippen molar-refractivity contribution in [3.8, 4) is 0 Å². The molecular formula is C15H19N5O. The molecule has 1 unspecified atom stereocenters. The summed E-state index contributed by atoms with van der Waals surface area (Å²) in [4.78, 5) is 12.7. The molecule has 1 fully saturated rings. The van der Waals surface area contributed by atoms with Crippen LogP contribution in [0.5, 0.6) is 0 Å². The van der Waals surface area contributed by atoms with E-state index >= 15 is 0 Å². The van der Waals surface area contributed by atoms with Gasteiger partial charge in [-0.3, -0.25) is 4.98 Å². The Kier molecular flexibility index (Phi) is 4.58. The van der Waals surface area contributed by atoms with Gasteiger partial charge in [0.2, 0.25) is 0 Å². The molecule has 3 rings (SSSR count). The third-order valence-corrected chi connectivity index (χ3v) is 3.38. The van der Waals surface area contributed by atoms with Crippen molar-refractivity contribution in [2.24, 2.45) is 0 Å². The summed E-state index contributed by atoms with van der Waals surface area (Å²) in [5.74, 6) is 1.59. The lowest BCUT2D eigenvalue weighted by Gasteiger charge is -2.12. The smallest absolute Gasteiger partial charge is 0.131 e. The largest absolute Gasteiger partial charge is 0.376 e. The highest BCUT2D eigenvalue weighted by Crippen LogP contribution is 2.14. The maximum Gasteiger partial charge on any atom is 0.131 e. The Labute approximate surface area is 124 Å². The highest BCUT2D eigenvalue weighted by Gasteiger charge is 2.15. The average Bonchev–Trinajstić information content (AvgIpc) is 3.06. The highest BCUT2D eigenvalue weighted by atomic mass is 16.5. The first-order chi connectivity index (χ1) is 10.4. The summed E-state index contributed by atoms with van der Waals surface area (Å²) in [6.45, 7) is 2.30. The van der Waals surface area contributed by atoms with Gasteiger partial charge in [-0.2, -0.15) is 0 Å². The molecule has 0 spiro atoms. The molecule has 21 heavy (non-hydrogen) atoms. The molecule has 2 aromatic heterocycles. The van der Waals surface area contributed by atoms with Crippen molar-refractivity contribution >= 4 is 11.6 Å². The number of nitrogens with one attached hydrogen (secondary N) is 2. The summed E-state index contributed by atoms with van der Waals surface area (Å²) in [5, 5.41) is 6.54. The molecule has 3 heterocycles. The van der Waals surface area contributed by atoms with Gasteiger partial charge < -0.3 is 15.4 Å². The number of aromatic nitrogens is 3. The van der Waals surface area contributed by atoms with Gasteiger partial charge in [0, 0.05) is 25.4 Å². The molecule has 1 saturated heterocycles. The van der Waals surface area contributed by atoms with E-state index in [9.17, 15) is 0 Å². The first-order valence-corrected chi connectivity index (χ1v) is 7.21. The van der Waals surface area contributed by atoms with E-state index in [0.717, 1.165) is 43.3 Å². The van der Waals surface area contributed by atoms with Gasteiger partial charge >= 0.3 is 0 Å². The second-order valence-corrected chi connectivity index (χ2v) is 4.98. The molecule has 2 N–H and O–H groups in total. The number of anilines is 2. The number of hydrogen-bond donors (Lipinski definition) is 2. The van der Waals surface area contributed by atoms with Gasteiger partial charge in [-0.1, -0.05) is 6.07 Å². The Bertz CT molecular complexity index is 557. The molecule has 6 heteroatoms. The van der Waals surface area contributed by atoms with Gasteiger partial charge in [-0.05, 0) is 25.0 Å². The SMILES string of the molecule is c1ccc(CNc2cc(NCC3CCCO3)ncn2)nc1. The molecule has 2 aromatic rings. The van der Waals surface area contributed by atoms with Crippen LogP contribution in [0, 0.1) is 0 Å². The minimum Gasteiger partial charge on any atom is -0.376 e. The number of nitrogens with zero attached hydrogens (tertiary/aromatic N) is 3. The lowest BCUT2D eigenvalue weighted by Crippen LogP contribution is -2.19. The lowest BCUT2D eigenvalue weighted by molar-refractivity contribution is 0.120. The molecule has 0 aliphatic carbocycles. The van der Waals surface area contributed by atoms with Crippen LogP contribution in [0.1, 0.15) is 18.5 Å². The Balaban J connectivity index is 1.52. The molecule has 0 saturated carbocycles. The maximum atomic E-state index is 5.58. The molecule has 0 bridgehead atoms. The van der Waals surface area contributed by atoms with Crippen LogP contribution in [0.4, 0.5) is 11.6 Å². The summed E-state index contributed by atoms with van der Waals surface area (Å²) >= 11 is 0. The van der Waals surface area contributed by atoms with Crippen LogP contribution >= 0.6 is 0 Å². The molecule has 0 aromatic carbocycles. The van der Waals surface area contributed by atoms with Gasteiger partial charge in [0.15, 0.2) is 0 Å². The molecule has 1 aliphatic rings. The lowest BCUT2D eigenvalue weighted by atomic mass is 10.2. The Morgan fingerprint density at radius 1 is 1.14 bits per heavy atom. The van der Waals surface area contributed by atoms with Crippen LogP contribution < -0.4 is 10.6 Å². The minimum absolute atomic E-state index is 0.296. The van der Waals surface area contributed by atoms with Crippen LogP contribution in [0.3, 0.4) is 0 Å². The standard InChI is InChI=1S/C15H19N5O/c1-2-6-16-12(4-1)9-17-14-8-15(20-11-19-14)18-10-13-5-3-7-21-13/h1-2,4,6,8,11,13H,3,5,7,9-10H2,(H2,17,18,19,20). The predicted octanol–water partition coefficient (Wildman–Crippen LogP) is 2.07. The summed E-state index contributed by atoms with van der Waals surface area (Å²) < 4.78 is 5.58. The average molecular weight is 285 g/mol. The van der Waals surface area contributed by atoms with Crippen molar-refractivity contribution in [2.45, 2.75) is 25.5 Å². The summed E-state index contributed by atoms with van der Waals surface area (Å²) in [5.41, 5.74) is 0.977. The third kappa shape index (κ3) is 4.13. The van der Waals surface area contributed by atoms with Crippen LogP contribution in [0.15, 0.2) is 36.8 Å². The molecule has 0 radical (unpaired) electrons. The van der Waals surface area contributed by atoms with Crippen molar-refractivity contribution in [1.29, 1.82) is 0 Å². The van der Waals surface area contributed by atoms with Gasteiger partial charge in [0.25, 0.3) is 0 Å². The zero-order valence-electron chi connectivity index (χ0n) is 11.8. The van der Waals surface area contributed by atoms with Crippen LogP contribution in [-0.2, 0) is 11.3 Å². The summed E-state index contributed by atoms with van der Waals surface area (Å²) in [7, 11) is 0. The second kappa shape index (κ2) is 6.99. The number of rotatable bonds is 6. The molecule has 110 valence electrons. The second-order valence-electron chi connectivity index (χ2n) is 4.98. The van der Waals surface area contributed by atoms with E-state index in [1.54, 1.807) is 12.5 Å². The van der Waals surface area contributed by atoms with Crippen molar-refractivity contribution in [3.63, 3.8) is 0 Å². The number of ether oxygens (including phenoxy) is 1.